The molecule has 0 aliphatic carbocycles. The Bertz CT molecular complexity index is 1000. The first-order valence-corrected chi connectivity index (χ1v) is 10.1. The van der Waals surface area contributed by atoms with Crippen molar-refractivity contribution < 1.29 is 33.3 Å². The van der Waals surface area contributed by atoms with Gasteiger partial charge in [-0.25, -0.2) is 9.59 Å². The zero-order valence-electron chi connectivity index (χ0n) is 18.3. The first-order valence-electron chi connectivity index (χ1n) is 10.1. The lowest BCUT2D eigenvalue weighted by molar-refractivity contribution is -0.142. The predicted molar refractivity (Wildman–Crippen MR) is 118 cm³/mol. The first kappa shape index (κ1) is 22.9. The summed E-state index contributed by atoms with van der Waals surface area (Å²) in [5.74, 6) is -0.851. The summed E-state index contributed by atoms with van der Waals surface area (Å²) < 4.78 is 20.1. The third-order valence-corrected chi connectivity index (χ3v) is 5.11. The number of nitrogens with zero attached hydrogens (tertiary/aromatic N) is 1. The lowest BCUT2D eigenvalue weighted by Crippen LogP contribution is -2.22. The van der Waals surface area contributed by atoms with Crippen LogP contribution in [0.2, 0.25) is 0 Å². The minimum Gasteiger partial charge on any atom is -0.493 e. The van der Waals surface area contributed by atoms with E-state index in [1.807, 2.05) is 6.07 Å². The van der Waals surface area contributed by atoms with E-state index >= 15 is 0 Å². The normalized spacial score (nSPS) is 12.8. The molecular weight excluding hydrogens is 416 g/mol. The second kappa shape index (κ2) is 10.5. The molecule has 9 heteroatoms. The van der Waals surface area contributed by atoms with Gasteiger partial charge in [-0.1, -0.05) is 0 Å². The van der Waals surface area contributed by atoms with Crippen LogP contribution in [0, 0.1) is 0 Å². The maximum Gasteiger partial charge on any atom is 0.343 e. The Morgan fingerprint density at radius 3 is 2.28 bits per heavy atom. The minimum atomic E-state index is -0.559. The zero-order chi connectivity index (χ0) is 23.1. The van der Waals surface area contributed by atoms with Gasteiger partial charge in [-0.15, -0.1) is 0 Å². The van der Waals surface area contributed by atoms with Crippen LogP contribution < -0.4 is 19.7 Å². The van der Waals surface area contributed by atoms with Crippen LogP contribution in [0.1, 0.15) is 33.6 Å². The number of hydrogen-bond donors (Lipinski definition) is 1. The number of anilines is 2. The van der Waals surface area contributed by atoms with Gasteiger partial charge in [-0.3, -0.25) is 4.79 Å². The van der Waals surface area contributed by atoms with Crippen molar-refractivity contribution in [3.63, 3.8) is 0 Å². The number of carbonyl (C=O) groups is 3. The summed E-state index contributed by atoms with van der Waals surface area (Å²) in [6.45, 7) is 1.42. The average molecular weight is 442 g/mol. The van der Waals surface area contributed by atoms with Gasteiger partial charge in [-0.05, 0) is 49.2 Å². The highest BCUT2D eigenvalue weighted by molar-refractivity contribution is 6.07. The molecular formula is C23H26N2O7. The number of methoxy groups -OCH3 is 3. The highest BCUT2D eigenvalue weighted by atomic mass is 16.6. The molecule has 1 fully saturated rings. The van der Waals surface area contributed by atoms with Crippen LogP contribution in [-0.4, -0.2) is 58.9 Å². The van der Waals surface area contributed by atoms with Gasteiger partial charge in [0.25, 0.3) is 5.91 Å². The van der Waals surface area contributed by atoms with E-state index in [-0.39, 0.29) is 12.4 Å². The van der Waals surface area contributed by atoms with Crippen molar-refractivity contribution in [3.05, 3.63) is 47.5 Å². The fraction of sp³-hybridized carbons (Fsp3) is 0.348. The second-order valence-electron chi connectivity index (χ2n) is 7.10. The predicted octanol–water partition coefficient (Wildman–Crippen LogP) is 2.89. The van der Waals surface area contributed by atoms with E-state index in [4.69, 9.17) is 14.2 Å². The Morgan fingerprint density at radius 2 is 1.62 bits per heavy atom. The van der Waals surface area contributed by atoms with E-state index in [0.29, 0.717) is 22.6 Å². The van der Waals surface area contributed by atoms with E-state index in [0.717, 1.165) is 31.6 Å². The molecule has 1 aliphatic heterocycles. The number of hydrogen-bond acceptors (Lipinski definition) is 8. The van der Waals surface area contributed by atoms with Crippen LogP contribution in [0.5, 0.6) is 11.5 Å². The Morgan fingerprint density at radius 1 is 0.906 bits per heavy atom. The van der Waals surface area contributed by atoms with Crippen LogP contribution >= 0.6 is 0 Å². The maximum atomic E-state index is 13.0. The summed E-state index contributed by atoms with van der Waals surface area (Å²) in [4.78, 5) is 38.6. The smallest absolute Gasteiger partial charge is 0.343 e. The highest BCUT2D eigenvalue weighted by Gasteiger charge is 2.20. The van der Waals surface area contributed by atoms with Gasteiger partial charge in [0.1, 0.15) is 0 Å². The Hall–Kier alpha value is -3.75. The van der Waals surface area contributed by atoms with Crippen molar-refractivity contribution in [2.75, 3.05) is 51.2 Å². The maximum absolute atomic E-state index is 13.0. The molecule has 1 N–H and O–H groups in total. The quantitative estimate of drug-likeness (QED) is 0.623. The van der Waals surface area contributed by atoms with E-state index in [1.54, 1.807) is 24.3 Å². The summed E-state index contributed by atoms with van der Waals surface area (Å²) >= 11 is 0. The SMILES string of the molecule is COC(=O)COc1cc(C(=O)Nc2cc(C(=O)OC)ccc2N2CCCC2)ccc1OC. The number of ether oxygens (including phenoxy) is 4. The molecule has 0 saturated carbocycles. The molecule has 0 radical (unpaired) electrons. The minimum absolute atomic E-state index is 0.230. The van der Waals surface area contributed by atoms with Crippen LogP contribution in [0.3, 0.4) is 0 Å². The fourth-order valence-corrected chi connectivity index (χ4v) is 3.44. The van der Waals surface area contributed by atoms with E-state index in [9.17, 15) is 14.4 Å². The zero-order valence-corrected chi connectivity index (χ0v) is 18.3. The van der Waals surface area contributed by atoms with Crippen molar-refractivity contribution in [1.29, 1.82) is 0 Å². The molecule has 2 aromatic rings. The lowest BCUT2D eigenvalue weighted by atomic mass is 10.1. The molecule has 0 bridgehead atoms. The molecule has 1 heterocycles. The Kier molecular flexibility index (Phi) is 7.54. The van der Waals surface area contributed by atoms with Crippen LogP contribution in [-0.2, 0) is 14.3 Å². The van der Waals surface area contributed by atoms with E-state index in [2.05, 4.69) is 15.0 Å². The number of benzene rings is 2. The number of nitrogens with one attached hydrogen (secondary N) is 1. The molecule has 2 aromatic carbocycles. The van der Waals surface area contributed by atoms with Gasteiger partial charge in [-0.2, -0.15) is 0 Å². The first-order chi connectivity index (χ1) is 15.5. The third-order valence-electron chi connectivity index (χ3n) is 5.11. The van der Waals surface area contributed by atoms with Gasteiger partial charge in [0.05, 0.1) is 38.3 Å². The van der Waals surface area contributed by atoms with Crippen molar-refractivity contribution in [2.24, 2.45) is 0 Å². The Balaban J connectivity index is 1.88. The van der Waals surface area contributed by atoms with Crippen LogP contribution in [0.4, 0.5) is 11.4 Å². The molecule has 3 rings (SSSR count). The third kappa shape index (κ3) is 5.29. The molecule has 0 aromatic heterocycles. The topological polar surface area (TPSA) is 103 Å². The van der Waals surface area contributed by atoms with Gasteiger partial charge < -0.3 is 29.2 Å². The lowest BCUT2D eigenvalue weighted by Gasteiger charge is -2.22. The summed E-state index contributed by atoms with van der Waals surface area (Å²) in [7, 11) is 4.02. The molecule has 1 aliphatic rings. The van der Waals surface area contributed by atoms with Crippen molar-refractivity contribution in [2.45, 2.75) is 12.8 Å². The van der Waals surface area contributed by atoms with Crippen LogP contribution in [0.25, 0.3) is 0 Å². The van der Waals surface area contributed by atoms with Crippen molar-refractivity contribution >= 4 is 29.2 Å². The molecule has 0 unspecified atom stereocenters. The number of esters is 2. The largest absolute Gasteiger partial charge is 0.493 e. The van der Waals surface area contributed by atoms with Gasteiger partial charge in [0, 0.05) is 18.7 Å². The van der Waals surface area contributed by atoms with E-state index in [1.165, 1.54) is 27.4 Å². The number of rotatable bonds is 8. The monoisotopic (exact) mass is 442 g/mol. The van der Waals surface area contributed by atoms with E-state index < -0.39 is 17.8 Å². The van der Waals surface area contributed by atoms with Crippen molar-refractivity contribution in [3.8, 4) is 11.5 Å². The molecule has 9 nitrogen and oxygen atoms in total. The Labute approximate surface area is 186 Å². The van der Waals surface area contributed by atoms with Gasteiger partial charge >= 0.3 is 11.9 Å². The number of carbonyl (C=O) groups excluding carboxylic acids is 3. The molecule has 1 amide bonds. The molecule has 170 valence electrons. The van der Waals surface area contributed by atoms with Gasteiger partial charge in [0.2, 0.25) is 0 Å². The van der Waals surface area contributed by atoms with Gasteiger partial charge in [0.15, 0.2) is 18.1 Å². The highest BCUT2D eigenvalue weighted by Crippen LogP contribution is 2.32. The molecule has 0 atom stereocenters. The molecule has 1 saturated heterocycles. The average Bonchev–Trinajstić information content (AvgIpc) is 3.36. The molecule has 0 spiro atoms. The second-order valence-corrected chi connectivity index (χ2v) is 7.10. The fourth-order valence-electron chi connectivity index (χ4n) is 3.44. The summed E-state index contributed by atoms with van der Waals surface area (Å²) in [5.41, 5.74) is 1.97. The standard InChI is InChI=1S/C23H26N2O7/c1-29-19-9-7-15(13-20(19)32-14-21(26)30-2)22(27)24-17-12-16(23(28)31-3)6-8-18(17)25-10-4-5-11-25/h6-9,12-13H,4-5,10-11,14H2,1-3H3,(H,24,27). The van der Waals surface area contributed by atoms with Crippen LogP contribution in [0.15, 0.2) is 36.4 Å². The molecule has 32 heavy (non-hydrogen) atoms. The summed E-state index contributed by atoms with van der Waals surface area (Å²) in [6, 6.07) is 9.74. The number of amides is 1. The van der Waals surface area contributed by atoms with Crippen molar-refractivity contribution in [1.82, 2.24) is 0 Å². The summed E-state index contributed by atoms with van der Waals surface area (Å²) in [6.07, 6.45) is 2.12. The summed E-state index contributed by atoms with van der Waals surface area (Å²) in [5, 5.41) is 2.89.